The average Bonchev–Trinajstić information content (AvgIpc) is 3.20. The van der Waals surface area contributed by atoms with Gasteiger partial charge in [0.25, 0.3) is 0 Å². The normalized spacial score (nSPS) is 18.5. The Balaban J connectivity index is 1.38. The monoisotopic (exact) mass is 359 g/mol. The third-order valence-corrected chi connectivity index (χ3v) is 5.53. The summed E-state index contributed by atoms with van der Waals surface area (Å²) in [5.74, 6) is 0.706. The fraction of sp³-hybridized carbons (Fsp3) is 0.316. The van der Waals surface area contributed by atoms with Crippen molar-refractivity contribution in [3.8, 4) is 0 Å². The van der Waals surface area contributed by atoms with E-state index in [2.05, 4.69) is 39.4 Å². The van der Waals surface area contributed by atoms with Gasteiger partial charge in [0, 0.05) is 18.5 Å². The maximum Gasteiger partial charge on any atom is 0.0650 e. The Labute approximate surface area is 151 Å². The van der Waals surface area contributed by atoms with E-state index in [0.29, 0.717) is 16.0 Å². The van der Waals surface area contributed by atoms with E-state index in [1.54, 1.807) is 0 Å². The van der Waals surface area contributed by atoms with Crippen LogP contribution in [0.5, 0.6) is 0 Å². The molecule has 1 atom stereocenters. The molecule has 0 radical (unpaired) electrons. The van der Waals surface area contributed by atoms with Crippen LogP contribution in [0.15, 0.2) is 42.6 Å². The molecule has 2 aromatic carbocycles. The highest BCUT2D eigenvalue weighted by Gasteiger charge is 2.23. The molecule has 124 valence electrons. The van der Waals surface area contributed by atoms with E-state index in [9.17, 15) is 0 Å². The number of nitrogens with zero attached hydrogens (tertiary/aromatic N) is 2. The number of aromatic amines is 1. The first-order valence-electron chi connectivity index (χ1n) is 8.26. The van der Waals surface area contributed by atoms with Crippen LogP contribution in [0, 0.1) is 5.92 Å². The summed E-state index contributed by atoms with van der Waals surface area (Å²) in [6.07, 6.45) is 4.26. The summed E-state index contributed by atoms with van der Waals surface area (Å²) in [5.41, 5.74) is 3.72. The number of hydrogen-bond acceptors (Lipinski definition) is 2. The van der Waals surface area contributed by atoms with Crippen molar-refractivity contribution < 1.29 is 0 Å². The van der Waals surface area contributed by atoms with E-state index in [0.717, 1.165) is 31.6 Å². The number of aromatic nitrogens is 2. The SMILES string of the molecule is Clc1ccc(CN2CCC(Cc3ccc4[nH]ncc4c3)C2)cc1Cl. The van der Waals surface area contributed by atoms with Crippen LogP contribution in [0.3, 0.4) is 0 Å². The number of rotatable bonds is 4. The number of fused-ring (bicyclic) bond motifs is 1. The van der Waals surface area contributed by atoms with Gasteiger partial charge < -0.3 is 0 Å². The third kappa shape index (κ3) is 3.44. The Morgan fingerprint density at radius 3 is 2.83 bits per heavy atom. The summed E-state index contributed by atoms with van der Waals surface area (Å²) in [4.78, 5) is 2.50. The van der Waals surface area contributed by atoms with Gasteiger partial charge in [-0.2, -0.15) is 5.10 Å². The molecule has 1 aliphatic rings. The summed E-state index contributed by atoms with van der Waals surface area (Å²) in [7, 11) is 0. The molecule has 5 heteroatoms. The molecular formula is C19H19Cl2N3. The maximum absolute atomic E-state index is 6.12. The summed E-state index contributed by atoms with van der Waals surface area (Å²) < 4.78 is 0. The minimum absolute atomic E-state index is 0.620. The standard InChI is InChI=1S/C19H19Cl2N3/c20-17-3-1-14(9-18(17)21)11-24-6-5-15(12-24)7-13-2-4-19-16(8-13)10-22-23-19/h1-4,8-10,15H,5-7,11-12H2,(H,22,23). The minimum Gasteiger partial charge on any atom is -0.299 e. The van der Waals surface area contributed by atoms with Crippen LogP contribution in [0.2, 0.25) is 10.0 Å². The molecule has 1 N–H and O–H groups in total. The van der Waals surface area contributed by atoms with Crippen LogP contribution >= 0.6 is 23.2 Å². The molecule has 1 saturated heterocycles. The second-order valence-electron chi connectivity index (χ2n) is 6.63. The zero-order valence-corrected chi connectivity index (χ0v) is 14.8. The highest BCUT2D eigenvalue weighted by atomic mass is 35.5. The fourth-order valence-electron chi connectivity index (χ4n) is 3.57. The highest BCUT2D eigenvalue weighted by molar-refractivity contribution is 6.42. The van der Waals surface area contributed by atoms with Crippen LogP contribution in [0.4, 0.5) is 0 Å². The predicted molar refractivity (Wildman–Crippen MR) is 99.6 cm³/mol. The number of nitrogens with one attached hydrogen (secondary N) is 1. The van der Waals surface area contributed by atoms with Crippen molar-refractivity contribution in [2.45, 2.75) is 19.4 Å². The lowest BCUT2D eigenvalue weighted by molar-refractivity contribution is 0.316. The van der Waals surface area contributed by atoms with Gasteiger partial charge in [0.15, 0.2) is 0 Å². The lowest BCUT2D eigenvalue weighted by Gasteiger charge is -2.16. The molecule has 1 fully saturated rings. The van der Waals surface area contributed by atoms with Gasteiger partial charge in [-0.3, -0.25) is 10.00 Å². The second-order valence-corrected chi connectivity index (χ2v) is 7.45. The highest BCUT2D eigenvalue weighted by Crippen LogP contribution is 2.26. The Hall–Kier alpha value is -1.55. The molecule has 2 heterocycles. The molecule has 0 bridgehead atoms. The van der Waals surface area contributed by atoms with Crippen molar-refractivity contribution >= 4 is 34.1 Å². The van der Waals surface area contributed by atoms with Crippen molar-refractivity contribution in [1.82, 2.24) is 15.1 Å². The van der Waals surface area contributed by atoms with Crippen molar-refractivity contribution in [3.05, 3.63) is 63.8 Å². The molecular weight excluding hydrogens is 341 g/mol. The first-order valence-corrected chi connectivity index (χ1v) is 9.01. The van der Waals surface area contributed by atoms with E-state index in [1.165, 1.54) is 22.9 Å². The van der Waals surface area contributed by atoms with E-state index < -0.39 is 0 Å². The number of hydrogen-bond donors (Lipinski definition) is 1. The van der Waals surface area contributed by atoms with Crippen LogP contribution < -0.4 is 0 Å². The zero-order valence-electron chi connectivity index (χ0n) is 13.3. The second kappa shape index (κ2) is 6.75. The van der Waals surface area contributed by atoms with Gasteiger partial charge in [-0.15, -0.1) is 0 Å². The first kappa shape index (κ1) is 15.9. The Morgan fingerprint density at radius 2 is 1.96 bits per heavy atom. The minimum atomic E-state index is 0.620. The predicted octanol–water partition coefficient (Wildman–Crippen LogP) is 4.93. The quantitative estimate of drug-likeness (QED) is 0.715. The molecule has 4 rings (SSSR count). The zero-order chi connectivity index (χ0) is 16.5. The summed E-state index contributed by atoms with van der Waals surface area (Å²) in [5, 5.41) is 9.55. The molecule has 24 heavy (non-hydrogen) atoms. The third-order valence-electron chi connectivity index (χ3n) is 4.79. The topological polar surface area (TPSA) is 31.9 Å². The van der Waals surface area contributed by atoms with Gasteiger partial charge in [0.1, 0.15) is 0 Å². The summed E-state index contributed by atoms with van der Waals surface area (Å²) in [6.45, 7) is 3.21. The number of likely N-dealkylation sites (tertiary alicyclic amines) is 1. The van der Waals surface area contributed by atoms with Crippen LogP contribution in [-0.2, 0) is 13.0 Å². The summed E-state index contributed by atoms with van der Waals surface area (Å²) >= 11 is 12.1. The number of halogens is 2. The smallest absolute Gasteiger partial charge is 0.0650 e. The van der Waals surface area contributed by atoms with Crippen LogP contribution in [-0.4, -0.2) is 28.2 Å². The van der Waals surface area contributed by atoms with Gasteiger partial charge in [-0.25, -0.2) is 0 Å². The van der Waals surface area contributed by atoms with E-state index >= 15 is 0 Å². The van der Waals surface area contributed by atoms with Crippen LogP contribution in [0.1, 0.15) is 17.5 Å². The molecule has 0 amide bonds. The Kier molecular flexibility index (Phi) is 4.49. The van der Waals surface area contributed by atoms with E-state index in [1.807, 2.05) is 18.3 Å². The van der Waals surface area contributed by atoms with Crippen molar-refractivity contribution in [2.75, 3.05) is 13.1 Å². The molecule has 3 aromatic rings. The molecule has 1 aliphatic heterocycles. The van der Waals surface area contributed by atoms with E-state index in [4.69, 9.17) is 23.2 Å². The largest absolute Gasteiger partial charge is 0.299 e. The van der Waals surface area contributed by atoms with Gasteiger partial charge in [-0.05, 0) is 60.7 Å². The van der Waals surface area contributed by atoms with Gasteiger partial charge >= 0.3 is 0 Å². The molecule has 0 saturated carbocycles. The summed E-state index contributed by atoms with van der Waals surface area (Å²) in [6, 6.07) is 12.5. The molecule has 0 spiro atoms. The van der Waals surface area contributed by atoms with E-state index in [-0.39, 0.29) is 0 Å². The molecule has 0 aliphatic carbocycles. The first-order chi connectivity index (χ1) is 11.7. The van der Waals surface area contributed by atoms with Gasteiger partial charge in [-0.1, -0.05) is 35.3 Å². The lowest BCUT2D eigenvalue weighted by Crippen LogP contribution is -2.20. The number of H-pyrrole nitrogens is 1. The molecule has 1 aromatic heterocycles. The molecule has 3 nitrogen and oxygen atoms in total. The lowest BCUT2D eigenvalue weighted by atomic mass is 9.98. The van der Waals surface area contributed by atoms with Crippen LogP contribution in [0.25, 0.3) is 10.9 Å². The van der Waals surface area contributed by atoms with Gasteiger partial charge in [0.2, 0.25) is 0 Å². The number of benzene rings is 2. The maximum atomic E-state index is 6.12. The van der Waals surface area contributed by atoms with Gasteiger partial charge in [0.05, 0.1) is 21.8 Å². The molecule has 1 unspecified atom stereocenters. The van der Waals surface area contributed by atoms with Crippen molar-refractivity contribution in [1.29, 1.82) is 0 Å². The average molecular weight is 360 g/mol. The van der Waals surface area contributed by atoms with Crippen molar-refractivity contribution in [2.24, 2.45) is 5.92 Å². The fourth-order valence-corrected chi connectivity index (χ4v) is 3.89. The van der Waals surface area contributed by atoms with Crippen molar-refractivity contribution in [3.63, 3.8) is 0 Å². The Bertz CT molecular complexity index is 859. The Morgan fingerprint density at radius 1 is 1.08 bits per heavy atom.